The molecule has 1 fully saturated rings. The van der Waals surface area contributed by atoms with Crippen LogP contribution in [-0.2, 0) is 16.1 Å². The monoisotopic (exact) mass is 389 g/mol. The van der Waals surface area contributed by atoms with Crippen LogP contribution in [0.25, 0.3) is 0 Å². The van der Waals surface area contributed by atoms with Gasteiger partial charge in [0.05, 0.1) is 11.5 Å². The van der Waals surface area contributed by atoms with E-state index >= 15 is 0 Å². The summed E-state index contributed by atoms with van der Waals surface area (Å²) in [6.07, 6.45) is 0. The van der Waals surface area contributed by atoms with Gasteiger partial charge in [-0.1, -0.05) is 41.9 Å². The number of ether oxygens (including phenoxy) is 1. The van der Waals surface area contributed by atoms with Crippen molar-refractivity contribution >= 4 is 28.9 Å². The Balaban J connectivity index is 1.51. The second kappa shape index (κ2) is 8.83. The molecule has 1 aliphatic heterocycles. The van der Waals surface area contributed by atoms with E-state index in [0.717, 1.165) is 5.56 Å². The highest BCUT2D eigenvalue weighted by Crippen LogP contribution is 2.31. The molecular formula is C19H20ClN3O4. The Morgan fingerprint density at radius 1 is 1.11 bits per heavy atom. The van der Waals surface area contributed by atoms with E-state index in [0.29, 0.717) is 43.5 Å². The number of anilines is 1. The number of carbonyl (C=O) groups is 1. The number of hydrogen-bond donors (Lipinski definition) is 0. The molecule has 27 heavy (non-hydrogen) atoms. The average Bonchev–Trinajstić information content (AvgIpc) is 2.69. The number of hydrogen-bond acceptors (Lipinski definition) is 5. The van der Waals surface area contributed by atoms with Crippen molar-refractivity contribution in [2.45, 2.75) is 6.61 Å². The van der Waals surface area contributed by atoms with Crippen LogP contribution in [0.3, 0.4) is 0 Å². The summed E-state index contributed by atoms with van der Waals surface area (Å²) in [6.45, 7) is 2.44. The number of piperazine rings is 1. The molecule has 0 N–H and O–H groups in total. The van der Waals surface area contributed by atoms with Crippen molar-refractivity contribution in [3.63, 3.8) is 0 Å². The maximum absolute atomic E-state index is 12.3. The van der Waals surface area contributed by atoms with E-state index in [4.69, 9.17) is 16.3 Å². The molecule has 0 aliphatic carbocycles. The summed E-state index contributed by atoms with van der Waals surface area (Å²) in [6, 6.07) is 14.3. The lowest BCUT2D eigenvalue weighted by Crippen LogP contribution is -2.49. The first-order valence-corrected chi connectivity index (χ1v) is 9.01. The molecule has 1 saturated heterocycles. The van der Waals surface area contributed by atoms with Gasteiger partial charge in [0.1, 0.15) is 12.3 Å². The molecule has 0 spiro atoms. The summed E-state index contributed by atoms with van der Waals surface area (Å²) in [7, 11) is 0. The number of benzene rings is 2. The van der Waals surface area contributed by atoms with E-state index in [1.54, 1.807) is 17.0 Å². The van der Waals surface area contributed by atoms with Crippen molar-refractivity contribution in [3.8, 4) is 0 Å². The molecule has 1 heterocycles. The highest BCUT2D eigenvalue weighted by molar-refractivity contribution is 6.30. The number of amides is 1. The Morgan fingerprint density at radius 3 is 2.48 bits per heavy atom. The van der Waals surface area contributed by atoms with E-state index in [1.165, 1.54) is 6.07 Å². The number of nitrogens with zero attached hydrogens (tertiary/aromatic N) is 3. The third-order valence-electron chi connectivity index (χ3n) is 4.44. The first-order valence-electron chi connectivity index (χ1n) is 8.63. The molecule has 0 radical (unpaired) electrons. The van der Waals surface area contributed by atoms with Crippen molar-refractivity contribution in [3.05, 3.63) is 69.2 Å². The third-order valence-corrected chi connectivity index (χ3v) is 4.68. The maximum atomic E-state index is 12.3. The highest BCUT2D eigenvalue weighted by Gasteiger charge is 2.26. The molecule has 8 heteroatoms. The van der Waals surface area contributed by atoms with Gasteiger partial charge in [-0.05, 0) is 17.7 Å². The number of halogens is 1. The van der Waals surface area contributed by atoms with Crippen molar-refractivity contribution in [2.75, 3.05) is 37.7 Å². The lowest BCUT2D eigenvalue weighted by molar-refractivity contribution is -0.384. The third kappa shape index (κ3) is 4.96. The highest BCUT2D eigenvalue weighted by atomic mass is 35.5. The first-order chi connectivity index (χ1) is 13.0. The average molecular weight is 390 g/mol. The molecule has 2 aromatic carbocycles. The summed E-state index contributed by atoms with van der Waals surface area (Å²) in [4.78, 5) is 26.8. The minimum Gasteiger partial charge on any atom is -0.367 e. The van der Waals surface area contributed by atoms with Crippen molar-refractivity contribution < 1.29 is 14.5 Å². The minimum absolute atomic E-state index is 0.0199. The van der Waals surface area contributed by atoms with Gasteiger partial charge in [-0.25, -0.2) is 0 Å². The molecular weight excluding hydrogens is 370 g/mol. The van der Waals surface area contributed by atoms with Gasteiger partial charge in [0, 0.05) is 37.3 Å². The normalized spacial score (nSPS) is 14.3. The van der Waals surface area contributed by atoms with E-state index in [9.17, 15) is 14.9 Å². The fraction of sp³-hybridized carbons (Fsp3) is 0.316. The SMILES string of the molecule is O=C(COCc1ccccc1)N1CCN(c2ccc(Cl)cc2[N+](=O)[O-])CC1. The van der Waals surface area contributed by atoms with E-state index in [1.807, 2.05) is 35.2 Å². The van der Waals surface area contributed by atoms with Crippen LogP contribution in [0.5, 0.6) is 0 Å². The Bertz CT molecular complexity index is 808. The van der Waals surface area contributed by atoms with Crippen molar-refractivity contribution in [1.82, 2.24) is 4.90 Å². The molecule has 3 rings (SSSR count). The summed E-state index contributed by atoms with van der Waals surface area (Å²) in [5.74, 6) is -0.0730. The molecule has 7 nitrogen and oxygen atoms in total. The van der Waals surface area contributed by atoms with Crippen LogP contribution in [0.4, 0.5) is 11.4 Å². The van der Waals surface area contributed by atoms with Crippen LogP contribution >= 0.6 is 11.6 Å². The number of nitro groups is 1. The fourth-order valence-corrected chi connectivity index (χ4v) is 3.20. The molecule has 0 unspecified atom stereocenters. The molecule has 0 aromatic heterocycles. The number of rotatable bonds is 6. The summed E-state index contributed by atoms with van der Waals surface area (Å²) >= 11 is 5.87. The van der Waals surface area contributed by atoms with Crippen molar-refractivity contribution in [2.24, 2.45) is 0 Å². The molecule has 0 atom stereocenters. The van der Waals surface area contributed by atoms with Crippen LogP contribution in [0, 0.1) is 10.1 Å². The Kier molecular flexibility index (Phi) is 6.26. The first kappa shape index (κ1) is 19.1. The van der Waals surface area contributed by atoms with Gasteiger partial charge in [0.15, 0.2) is 0 Å². The van der Waals surface area contributed by atoms with Gasteiger partial charge in [-0.15, -0.1) is 0 Å². The van der Waals surface area contributed by atoms with Crippen LogP contribution in [-0.4, -0.2) is 48.5 Å². The zero-order valence-electron chi connectivity index (χ0n) is 14.7. The molecule has 2 aromatic rings. The summed E-state index contributed by atoms with van der Waals surface area (Å²) in [5.41, 5.74) is 1.52. The van der Waals surface area contributed by atoms with Crippen molar-refractivity contribution in [1.29, 1.82) is 0 Å². The second-order valence-corrected chi connectivity index (χ2v) is 6.67. The van der Waals surface area contributed by atoms with Gasteiger partial charge in [0.2, 0.25) is 5.91 Å². The Labute approximate surface area is 162 Å². The smallest absolute Gasteiger partial charge is 0.294 e. The van der Waals surface area contributed by atoms with Gasteiger partial charge in [-0.2, -0.15) is 0 Å². The number of nitro benzene ring substituents is 1. The van der Waals surface area contributed by atoms with Gasteiger partial charge in [-0.3, -0.25) is 14.9 Å². The molecule has 142 valence electrons. The Morgan fingerprint density at radius 2 is 1.81 bits per heavy atom. The zero-order chi connectivity index (χ0) is 19.2. The predicted octanol–water partition coefficient (Wildman–Crippen LogP) is 3.11. The predicted molar refractivity (Wildman–Crippen MR) is 103 cm³/mol. The van der Waals surface area contributed by atoms with E-state index in [-0.39, 0.29) is 18.2 Å². The number of carbonyl (C=O) groups excluding carboxylic acids is 1. The second-order valence-electron chi connectivity index (χ2n) is 6.24. The lowest BCUT2D eigenvalue weighted by Gasteiger charge is -2.35. The van der Waals surface area contributed by atoms with Gasteiger partial charge < -0.3 is 14.5 Å². The van der Waals surface area contributed by atoms with Crippen LogP contribution in [0.2, 0.25) is 5.02 Å². The largest absolute Gasteiger partial charge is 0.367 e. The van der Waals surface area contributed by atoms with E-state index < -0.39 is 4.92 Å². The van der Waals surface area contributed by atoms with Crippen LogP contribution in [0.15, 0.2) is 48.5 Å². The molecule has 0 bridgehead atoms. The quantitative estimate of drug-likeness (QED) is 0.560. The minimum atomic E-state index is -0.434. The lowest BCUT2D eigenvalue weighted by atomic mass is 10.2. The molecule has 0 saturated carbocycles. The van der Waals surface area contributed by atoms with Gasteiger partial charge in [0.25, 0.3) is 5.69 Å². The van der Waals surface area contributed by atoms with Crippen LogP contribution in [0.1, 0.15) is 5.56 Å². The maximum Gasteiger partial charge on any atom is 0.294 e. The molecule has 1 amide bonds. The molecule has 1 aliphatic rings. The zero-order valence-corrected chi connectivity index (χ0v) is 15.5. The Hall–Kier alpha value is -2.64. The topological polar surface area (TPSA) is 75.9 Å². The summed E-state index contributed by atoms with van der Waals surface area (Å²) in [5, 5.41) is 11.6. The fourth-order valence-electron chi connectivity index (χ4n) is 3.03. The van der Waals surface area contributed by atoms with Gasteiger partial charge >= 0.3 is 0 Å². The van der Waals surface area contributed by atoms with E-state index in [2.05, 4.69) is 0 Å². The standard InChI is InChI=1S/C19H20ClN3O4/c20-16-6-7-17(18(12-16)23(25)26)21-8-10-22(11-9-21)19(24)14-27-13-15-4-2-1-3-5-15/h1-7,12H,8-11,13-14H2. The summed E-state index contributed by atoms with van der Waals surface area (Å²) < 4.78 is 5.50. The van der Waals surface area contributed by atoms with Crippen LogP contribution < -0.4 is 4.90 Å².